The summed E-state index contributed by atoms with van der Waals surface area (Å²) in [5, 5.41) is 26.5. The van der Waals surface area contributed by atoms with Gasteiger partial charge in [0.25, 0.3) is 0 Å². The van der Waals surface area contributed by atoms with Gasteiger partial charge in [0.15, 0.2) is 28.8 Å². The van der Waals surface area contributed by atoms with Gasteiger partial charge in [0.05, 0.1) is 11.4 Å². The molecule has 2 aliphatic rings. The summed E-state index contributed by atoms with van der Waals surface area (Å²) in [6.07, 6.45) is 11.7. The largest absolute Gasteiger partial charge is 0.476 e. The Labute approximate surface area is 298 Å². The van der Waals surface area contributed by atoms with Crippen LogP contribution >= 0.6 is 0 Å². The number of carboxylic acid groups (broad SMARTS) is 2. The van der Waals surface area contributed by atoms with Crippen molar-refractivity contribution >= 4 is 28.8 Å². The van der Waals surface area contributed by atoms with Crippen molar-refractivity contribution in [2.45, 2.75) is 38.9 Å². The zero-order valence-corrected chi connectivity index (χ0v) is 28.5. The Hall–Kier alpha value is -6.08. The number of aliphatic carboxylic acids is 1. The van der Waals surface area contributed by atoms with Gasteiger partial charge in [-0.3, -0.25) is 9.30 Å². The van der Waals surface area contributed by atoms with Gasteiger partial charge in [-0.25, -0.2) is 27.7 Å². The third-order valence-corrected chi connectivity index (χ3v) is 9.25. The van der Waals surface area contributed by atoms with Crippen molar-refractivity contribution in [2.75, 3.05) is 18.9 Å². The van der Waals surface area contributed by atoms with E-state index in [-0.39, 0.29) is 35.2 Å². The molecule has 1 unspecified atom stereocenters. The molecule has 6 rings (SSSR count). The first-order valence-corrected chi connectivity index (χ1v) is 16.5. The topological polar surface area (TPSA) is 122 Å². The minimum atomic E-state index is -1.57. The number of aromatic nitrogens is 2. The number of likely N-dealkylation sites (N-methyl/N-ethyl adjacent to an activating group) is 1. The van der Waals surface area contributed by atoms with Crippen LogP contribution in [0.3, 0.4) is 0 Å². The van der Waals surface area contributed by atoms with Gasteiger partial charge in [0.1, 0.15) is 5.65 Å². The summed E-state index contributed by atoms with van der Waals surface area (Å²) in [6, 6.07) is 13.0. The van der Waals surface area contributed by atoms with E-state index in [1.54, 1.807) is 36.8 Å². The van der Waals surface area contributed by atoms with Crippen LogP contribution in [0.25, 0.3) is 11.2 Å². The molecule has 0 spiro atoms. The number of allylic oxidation sites excluding steroid dienone is 2. The highest BCUT2D eigenvalue weighted by Crippen LogP contribution is 2.33. The number of imidazole rings is 1. The van der Waals surface area contributed by atoms with E-state index in [1.165, 1.54) is 15.4 Å². The van der Waals surface area contributed by atoms with Crippen molar-refractivity contribution in [3.05, 3.63) is 154 Å². The van der Waals surface area contributed by atoms with Gasteiger partial charge in [-0.05, 0) is 91.1 Å². The van der Waals surface area contributed by atoms with Crippen LogP contribution in [0, 0.1) is 17.5 Å². The Morgan fingerprint density at radius 3 is 2.50 bits per heavy atom. The van der Waals surface area contributed by atoms with E-state index in [1.807, 2.05) is 38.2 Å². The van der Waals surface area contributed by atoms with Crippen LogP contribution in [0.15, 0.2) is 115 Å². The molecule has 0 fully saturated rings. The molecular weight excluding hydrogens is 673 g/mol. The van der Waals surface area contributed by atoms with E-state index in [0.717, 1.165) is 47.4 Å². The van der Waals surface area contributed by atoms with E-state index in [9.17, 15) is 33.0 Å². The number of pyridine rings is 1. The molecule has 0 radical (unpaired) electrons. The maximum atomic E-state index is 13.8. The average Bonchev–Trinajstić information content (AvgIpc) is 3.50. The second-order valence-electron chi connectivity index (χ2n) is 12.6. The zero-order chi connectivity index (χ0) is 37.1. The lowest BCUT2D eigenvalue weighted by atomic mass is 9.91. The number of hydrogen-bond donors (Lipinski definition) is 4. The first-order valence-electron chi connectivity index (χ1n) is 16.5. The molecule has 0 saturated heterocycles. The summed E-state index contributed by atoms with van der Waals surface area (Å²) in [5.74, 6) is -6.57. The van der Waals surface area contributed by atoms with Gasteiger partial charge in [-0.15, -0.1) is 0 Å². The molecule has 0 bridgehead atoms. The Morgan fingerprint density at radius 2 is 1.77 bits per heavy atom. The minimum absolute atomic E-state index is 0.0872. The number of carbonyl (C=O) groups is 2. The lowest BCUT2D eigenvalue weighted by Crippen LogP contribution is -2.35. The molecule has 0 aliphatic carbocycles. The van der Waals surface area contributed by atoms with E-state index in [0.29, 0.717) is 30.0 Å². The number of nitrogens with zero attached hydrogens (tertiary/aromatic N) is 4. The van der Waals surface area contributed by atoms with Crippen molar-refractivity contribution in [1.82, 2.24) is 24.5 Å². The van der Waals surface area contributed by atoms with Gasteiger partial charge in [0, 0.05) is 50.0 Å². The molecule has 13 heteroatoms. The van der Waals surface area contributed by atoms with Crippen LogP contribution < -0.4 is 10.6 Å². The van der Waals surface area contributed by atoms with E-state index >= 15 is 0 Å². The van der Waals surface area contributed by atoms with Crippen LogP contribution in [0.4, 0.5) is 18.9 Å². The Bertz CT molecular complexity index is 2180. The number of fused-ring (bicyclic) bond motifs is 1. The van der Waals surface area contributed by atoms with Crippen LogP contribution in [0.5, 0.6) is 0 Å². The Balaban J connectivity index is 1.25. The van der Waals surface area contributed by atoms with Crippen molar-refractivity contribution < 1.29 is 33.0 Å². The fraction of sp³-hybridized carbons (Fsp3) is 0.205. The van der Waals surface area contributed by atoms with Crippen molar-refractivity contribution in [1.29, 1.82) is 0 Å². The molecule has 2 aromatic heterocycles. The number of aromatic carboxylic acids is 1. The summed E-state index contributed by atoms with van der Waals surface area (Å²) in [5.41, 5.74) is 5.58. The highest BCUT2D eigenvalue weighted by Gasteiger charge is 2.28. The van der Waals surface area contributed by atoms with Crippen LogP contribution in [-0.2, 0) is 17.9 Å². The monoisotopic (exact) mass is 710 g/mol. The first-order chi connectivity index (χ1) is 24.9. The first kappa shape index (κ1) is 35.7. The molecule has 4 aromatic rings. The molecule has 2 aromatic carbocycles. The fourth-order valence-electron chi connectivity index (χ4n) is 6.62. The summed E-state index contributed by atoms with van der Waals surface area (Å²) < 4.78 is 42.7. The maximum Gasteiger partial charge on any atom is 0.355 e. The summed E-state index contributed by atoms with van der Waals surface area (Å²) in [4.78, 5) is 32.7. The molecular formula is C39H37F3N6O4. The number of carboxylic acids is 2. The second-order valence-corrected chi connectivity index (χ2v) is 12.6. The highest BCUT2D eigenvalue weighted by molar-refractivity contribution is 5.93. The second kappa shape index (κ2) is 15.0. The zero-order valence-electron chi connectivity index (χ0n) is 28.5. The fourth-order valence-corrected chi connectivity index (χ4v) is 6.62. The lowest BCUT2D eigenvalue weighted by Gasteiger charge is -2.32. The number of nitrogens with one attached hydrogen (secondary N) is 2. The molecule has 0 saturated carbocycles. The minimum Gasteiger partial charge on any atom is -0.476 e. The molecule has 52 heavy (non-hydrogen) atoms. The van der Waals surface area contributed by atoms with Gasteiger partial charge >= 0.3 is 11.9 Å². The molecule has 2 aliphatic heterocycles. The predicted octanol–water partition coefficient (Wildman–Crippen LogP) is 6.91. The van der Waals surface area contributed by atoms with Gasteiger partial charge < -0.3 is 25.7 Å². The number of hydrogen-bond acceptors (Lipinski definition) is 7. The standard InChI is InChI=1S/C39H37F3N6O4/c1-23(22-48-24(2)10-11-31(37(48)39(51)52)44-20-25-17-29(40)35(42)30(41)18-25)33-19-26(8-6-15-46(33)3)28-9-5-4-7-27(28)21-45-32-12-13-34-43-14-16-47(34)36(32)38(49)50/h4-5,7-14,16-18,22,33,44-45H,2,6,15,19-21H2,1,3H3,(H,49,50)(H,51,52)/b23-22+. The Kier molecular flexibility index (Phi) is 10.3. The molecule has 4 heterocycles. The van der Waals surface area contributed by atoms with E-state index in [4.69, 9.17) is 0 Å². The van der Waals surface area contributed by atoms with Gasteiger partial charge in [-0.1, -0.05) is 36.9 Å². The quantitative estimate of drug-likeness (QED) is 0.123. The highest BCUT2D eigenvalue weighted by atomic mass is 19.2. The van der Waals surface area contributed by atoms with Crippen molar-refractivity contribution in [3.63, 3.8) is 0 Å². The van der Waals surface area contributed by atoms with Crippen molar-refractivity contribution in [2.24, 2.45) is 0 Å². The van der Waals surface area contributed by atoms with Crippen LogP contribution in [0.2, 0.25) is 0 Å². The van der Waals surface area contributed by atoms with Crippen LogP contribution in [-0.4, -0.2) is 61.0 Å². The molecule has 1 atom stereocenters. The number of anilines is 1. The SMILES string of the molecule is C=C1C=CC(NCc2cc(F)c(F)c(F)c2)=C(C(=O)O)N1/C=C(\C)C1CC(c2ccccc2CNc2ccc3nccn3c2C(=O)O)=CCCN1C. The van der Waals surface area contributed by atoms with E-state index < -0.39 is 29.4 Å². The summed E-state index contributed by atoms with van der Waals surface area (Å²) in [7, 11) is 2.01. The molecule has 10 nitrogen and oxygen atoms in total. The predicted molar refractivity (Wildman–Crippen MR) is 191 cm³/mol. The third kappa shape index (κ3) is 7.35. The molecule has 268 valence electrons. The molecule has 4 N–H and O–H groups in total. The third-order valence-electron chi connectivity index (χ3n) is 9.25. The maximum absolute atomic E-state index is 13.8. The van der Waals surface area contributed by atoms with Gasteiger partial charge in [-0.2, -0.15) is 0 Å². The average molecular weight is 711 g/mol. The smallest absolute Gasteiger partial charge is 0.355 e. The lowest BCUT2D eigenvalue weighted by molar-refractivity contribution is -0.134. The number of halogens is 3. The van der Waals surface area contributed by atoms with Crippen LogP contribution in [0.1, 0.15) is 46.9 Å². The van der Waals surface area contributed by atoms with Gasteiger partial charge in [0.2, 0.25) is 0 Å². The number of rotatable bonds is 11. The number of benzene rings is 2. The Morgan fingerprint density at radius 1 is 1.02 bits per heavy atom. The van der Waals surface area contributed by atoms with E-state index in [2.05, 4.69) is 33.2 Å². The van der Waals surface area contributed by atoms with Crippen molar-refractivity contribution in [3.8, 4) is 0 Å². The summed E-state index contributed by atoms with van der Waals surface area (Å²) >= 11 is 0. The summed E-state index contributed by atoms with van der Waals surface area (Å²) in [6.45, 7) is 6.94. The normalized spacial score (nSPS) is 17.0. The molecule has 0 amide bonds.